The summed E-state index contributed by atoms with van der Waals surface area (Å²) in [4.78, 5) is 19.9. The van der Waals surface area contributed by atoms with Crippen LogP contribution in [0.15, 0.2) is 35.8 Å². The molecule has 6 rings (SSSR count). The summed E-state index contributed by atoms with van der Waals surface area (Å²) in [7, 11) is 0. The fourth-order valence-corrected chi connectivity index (χ4v) is 6.64. The van der Waals surface area contributed by atoms with E-state index in [2.05, 4.69) is 65.7 Å². The molecule has 4 atom stereocenters. The largest absolute Gasteiger partial charge is 0.395 e. The third-order valence-corrected chi connectivity index (χ3v) is 9.51. The van der Waals surface area contributed by atoms with E-state index in [9.17, 15) is 15.3 Å². The Morgan fingerprint density at radius 1 is 1.14 bits per heavy atom. The van der Waals surface area contributed by atoms with E-state index in [0.29, 0.717) is 29.7 Å². The van der Waals surface area contributed by atoms with Gasteiger partial charge in [0.15, 0.2) is 17.7 Å². The van der Waals surface area contributed by atoms with Gasteiger partial charge in [0, 0.05) is 36.2 Å². The number of fused-ring (bicyclic) bond motifs is 2. The Kier molecular flexibility index (Phi) is 7.82. The Bertz CT molecular complexity index is 1460. The van der Waals surface area contributed by atoms with Gasteiger partial charge in [0.2, 0.25) is 0 Å². The van der Waals surface area contributed by atoms with Crippen molar-refractivity contribution in [3.8, 4) is 0 Å². The molecule has 11 heteroatoms. The fraction of sp³-hybridized carbons (Fsp3) is 0.613. The lowest BCUT2D eigenvalue weighted by molar-refractivity contribution is -0.0619. The van der Waals surface area contributed by atoms with Crippen LogP contribution in [0.2, 0.25) is 0 Å². The zero-order chi connectivity index (χ0) is 29.8. The lowest BCUT2D eigenvalue weighted by Crippen LogP contribution is -2.52. The number of nitrogen functional groups attached to an aromatic ring is 1. The average Bonchev–Trinajstić information content (AvgIpc) is 3.63. The first-order valence-electron chi connectivity index (χ1n) is 15.1. The molecule has 0 spiro atoms. The summed E-state index contributed by atoms with van der Waals surface area (Å²) in [5.41, 5.74) is 11.3. The number of aliphatic hydroxyl groups excluding tert-OH is 3. The highest BCUT2D eigenvalue weighted by molar-refractivity contribution is 5.94. The van der Waals surface area contributed by atoms with Gasteiger partial charge < -0.3 is 25.8 Å². The maximum Gasteiger partial charge on any atom is 0.167 e. The Hall–Kier alpha value is -2.96. The van der Waals surface area contributed by atoms with E-state index in [1.165, 1.54) is 23.9 Å². The average molecular weight is 578 g/mol. The monoisotopic (exact) mass is 577 g/mol. The summed E-state index contributed by atoms with van der Waals surface area (Å²) in [6, 6.07) is 7.11. The van der Waals surface area contributed by atoms with Crippen LogP contribution in [-0.4, -0.2) is 89.0 Å². The van der Waals surface area contributed by atoms with Gasteiger partial charge in [-0.05, 0) is 62.6 Å². The molecule has 2 aliphatic heterocycles. The lowest BCUT2D eigenvalue weighted by Gasteiger charge is -2.46. The molecule has 0 unspecified atom stereocenters. The van der Waals surface area contributed by atoms with Crippen molar-refractivity contribution < 1.29 is 20.1 Å². The van der Waals surface area contributed by atoms with Crippen molar-refractivity contribution in [2.24, 2.45) is 10.9 Å². The number of aromatic nitrogens is 4. The summed E-state index contributed by atoms with van der Waals surface area (Å²) >= 11 is 0. The standard InChI is InChI=1S/C31H43N7O4/c1-17(2)37(13-24-26(40)27(41)30(42-24)38-16-35-25-28(32)33-15-34-29(25)38)22-9-18(10-22)5-8-21-11-19-6-7-20(12-23(19)36-21)31(3,4)14-39/h6-7,12,15-18,22,24,26-27,30,39-41H,5,8-11,13-14H2,1-4H3,(H2,32,33,34)/t18?,22?,24-,26-,27-,30-/m1/s1. The molecule has 5 N–H and O–H groups in total. The van der Waals surface area contributed by atoms with Crippen LogP contribution in [-0.2, 0) is 16.6 Å². The number of rotatable bonds is 10. The highest BCUT2D eigenvalue weighted by Crippen LogP contribution is 2.40. The molecule has 2 fully saturated rings. The second kappa shape index (κ2) is 11.3. The Labute approximate surface area is 246 Å². The molecule has 1 aromatic carbocycles. The van der Waals surface area contributed by atoms with Crippen molar-refractivity contribution in [2.45, 2.75) is 102 Å². The third-order valence-electron chi connectivity index (χ3n) is 9.51. The normalized spacial score (nSPS) is 27.6. The van der Waals surface area contributed by atoms with E-state index in [-0.39, 0.29) is 23.9 Å². The first-order valence-corrected chi connectivity index (χ1v) is 15.1. The minimum atomic E-state index is -1.12. The Balaban J connectivity index is 1.04. The van der Waals surface area contributed by atoms with Gasteiger partial charge in [-0.15, -0.1) is 0 Å². The van der Waals surface area contributed by atoms with Crippen LogP contribution < -0.4 is 5.73 Å². The number of anilines is 1. The number of hydrogen-bond acceptors (Lipinski definition) is 10. The van der Waals surface area contributed by atoms with Crippen LogP contribution in [0.1, 0.15) is 70.7 Å². The second-order valence-corrected chi connectivity index (χ2v) is 13.2. The van der Waals surface area contributed by atoms with Crippen LogP contribution in [0.3, 0.4) is 0 Å². The van der Waals surface area contributed by atoms with Gasteiger partial charge >= 0.3 is 0 Å². The van der Waals surface area contributed by atoms with Crippen molar-refractivity contribution in [1.29, 1.82) is 0 Å². The summed E-state index contributed by atoms with van der Waals surface area (Å²) in [5, 5.41) is 31.6. The van der Waals surface area contributed by atoms with E-state index in [1.807, 2.05) is 0 Å². The molecule has 1 saturated heterocycles. The number of hydrogen-bond donors (Lipinski definition) is 4. The number of aliphatic imine (C=N–C) groups is 1. The lowest BCUT2D eigenvalue weighted by atomic mass is 9.75. The number of benzene rings is 1. The molecule has 0 radical (unpaired) electrons. The number of imidazole rings is 1. The van der Waals surface area contributed by atoms with E-state index in [1.54, 1.807) is 4.57 Å². The van der Waals surface area contributed by atoms with Crippen LogP contribution >= 0.6 is 0 Å². The van der Waals surface area contributed by atoms with Gasteiger partial charge in [0.25, 0.3) is 0 Å². The molecule has 226 valence electrons. The second-order valence-electron chi connectivity index (χ2n) is 13.2. The maximum atomic E-state index is 10.9. The molecule has 0 bridgehead atoms. The Morgan fingerprint density at radius 2 is 1.93 bits per heavy atom. The maximum absolute atomic E-state index is 10.9. The minimum Gasteiger partial charge on any atom is -0.395 e. The fourth-order valence-electron chi connectivity index (χ4n) is 6.64. The van der Waals surface area contributed by atoms with Gasteiger partial charge in [-0.2, -0.15) is 0 Å². The number of nitrogens with zero attached hydrogens (tertiary/aromatic N) is 6. The van der Waals surface area contributed by atoms with Crippen LogP contribution in [0, 0.1) is 5.92 Å². The molecule has 42 heavy (non-hydrogen) atoms. The summed E-state index contributed by atoms with van der Waals surface area (Å²) in [5.74, 6) is 0.899. The molecule has 0 amide bonds. The quantitative estimate of drug-likeness (QED) is 0.285. The predicted molar refractivity (Wildman–Crippen MR) is 161 cm³/mol. The molecule has 4 heterocycles. The smallest absolute Gasteiger partial charge is 0.167 e. The van der Waals surface area contributed by atoms with Crippen molar-refractivity contribution in [3.05, 3.63) is 42.0 Å². The van der Waals surface area contributed by atoms with Gasteiger partial charge in [-0.3, -0.25) is 14.5 Å². The molecular weight excluding hydrogens is 534 g/mol. The molecule has 1 aliphatic carbocycles. The molecule has 1 saturated carbocycles. The van der Waals surface area contributed by atoms with Gasteiger partial charge in [-0.25, -0.2) is 15.0 Å². The summed E-state index contributed by atoms with van der Waals surface area (Å²) in [6.45, 7) is 9.08. The third kappa shape index (κ3) is 5.33. The van der Waals surface area contributed by atoms with E-state index >= 15 is 0 Å². The van der Waals surface area contributed by atoms with Gasteiger partial charge in [-0.1, -0.05) is 26.0 Å². The van der Waals surface area contributed by atoms with Crippen LogP contribution in [0.5, 0.6) is 0 Å². The number of aliphatic hydroxyl groups is 3. The molecule has 2 aromatic heterocycles. The predicted octanol–water partition coefficient (Wildman–Crippen LogP) is 2.90. The summed E-state index contributed by atoms with van der Waals surface area (Å²) < 4.78 is 7.86. The molecule has 3 aliphatic rings. The van der Waals surface area contributed by atoms with Crippen LogP contribution in [0.4, 0.5) is 11.5 Å². The highest BCUT2D eigenvalue weighted by Gasteiger charge is 2.46. The highest BCUT2D eigenvalue weighted by atomic mass is 16.6. The summed E-state index contributed by atoms with van der Waals surface area (Å²) in [6.07, 6.45) is 4.60. The molecule has 11 nitrogen and oxygen atoms in total. The first kappa shape index (κ1) is 29.1. The molecular formula is C31H43N7O4. The Morgan fingerprint density at radius 3 is 2.67 bits per heavy atom. The zero-order valence-electron chi connectivity index (χ0n) is 24.9. The first-order chi connectivity index (χ1) is 20.1. The van der Waals surface area contributed by atoms with E-state index in [4.69, 9.17) is 15.5 Å². The van der Waals surface area contributed by atoms with E-state index in [0.717, 1.165) is 43.4 Å². The van der Waals surface area contributed by atoms with Gasteiger partial charge in [0.05, 0.1) is 18.6 Å². The number of nitrogens with two attached hydrogens (primary N) is 1. The van der Waals surface area contributed by atoms with Crippen molar-refractivity contribution in [3.63, 3.8) is 0 Å². The zero-order valence-corrected chi connectivity index (χ0v) is 24.9. The van der Waals surface area contributed by atoms with E-state index < -0.39 is 24.5 Å². The molecule has 3 aromatic rings. The van der Waals surface area contributed by atoms with Crippen molar-refractivity contribution >= 4 is 28.4 Å². The van der Waals surface area contributed by atoms with Gasteiger partial charge in [0.1, 0.15) is 30.2 Å². The van der Waals surface area contributed by atoms with Crippen molar-refractivity contribution in [2.75, 3.05) is 18.9 Å². The topological polar surface area (TPSA) is 155 Å². The van der Waals surface area contributed by atoms with Crippen molar-refractivity contribution in [1.82, 2.24) is 24.4 Å². The minimum absolute atomic E-state index is 0.109. The SMILES string of the molecule is CC(C)N(C[C@H]1O[C@@H](n2cnc3c(N)ncnc32)[C@H](O)[C@@H]1O)C1CC(CCC2=Nc3cc(C(C)(C)CO)ccc3C2)C1. The van der Waals surface area contributed by atoms with Crippen LogP contribution in [0.25, 0.3) is 11.2 Å². The number of ether oxygens (including phenoxy) is 1.